The molecule has 1 amide bonds. The Bertz CT molecular complexity index is 635. The highest BCUT2D eigenvalue weighted by Crippen LogP contribution is 2.22. The smallest absolute Gasteiger partial charge is 0.252 e. The lowest BCUT2D eigenvalue weighted by Crippen LogP contribution is -2.28. The lowest BCUT2D eigenvalue weighted by molar-refractivity contribution is 0.0913. The Morgan fingerprint density at radius 1 is 1.43 bits per heavy atom. The summed E-state index contributed by atoms with van der Waals surface area (Å²) in [6.45, 7) is 0.160. The van der Waals surface area contributed by atoms with Gasteiger partial charge in [-0.15, -0.1) is 11.8 Å². The van der Waals surface area contributed by atoms with Gasteiger partial charge in [0.25, 0.3) is 5.91 Å². The highest BCUT2D eigenvalue weighted by atomic mass is 32.2. The summed E-state index contributed by atoms with van der Waals surface area (Å²) in [6.07, 6.45) is -0.709. The molecule has 1 heterocycles. The average Bonchev–Trinajstić information content (AvgIpc) is 3.05. The molecule has 0 bridgehead atoms. The van der Waals surface area contributed by atoms with E-state index in [1.54, 1.807) is 12.1 Å². The summed E-state index contributed by atoms with van der Waals surface area (Å²) in [5.41, 5.74) is 1.32. The molecule has 0 radical (unpaired) electrons. The van der Waals surface area contributed by atoms with Crippen molar-refractivity contribution in [2.24, 2.45) is 0 Å². The molecule has 1 atom stereocenters. The van der Waals surface area contributed by atoms with Crippen molar-refractivity contribution in [2.45, 2.75) is 11.0 Å². The SMILES string of the molecule is N#CCSc1ccccc1C(=O)NCC(O)c1ccsc1. The lowest BCUT2D eigenvalue weighted by atomic mass is 10.2. The molecule has 0 fully saturated rings. The van der Waals surface area contributed by atoms with Crippen LogP contribution in [-0.4, -0.2) is 23.3 Å². The van der Waals surface area contributed by atoms with E-state index in [-0.39, 0.29) is 12.5 Å². The summed E-state index contributed by atoms with van der Waals surface area (Å²) < 4.78 is 0. The molecule has 1 unspecified atom stereocenters. The van der Waals surface area contributed by atoms with E-state index in [1.807, 2.05) is 35.0 Å². The van der Waals surface area contributed by atoms with Gasteiger partial charge < -0.3 is 10.4 Å². The number of rotatable bonds is 6. The van der Waals surface area contributed by atoms with Crippen molar-refractivity contribution in [3.05, 3.63) is 52.2 Å². The number of aliphatic hydroxyl groups is 1. The van der Waals surface area contributed by atoms with E-state index >= 15 is 0 Å². The Balaban J connectivity index is 1.99. The Morgan fingerprint density at radius 2 is 2.24 bits per heavy atom. The summed E-state index contributed by atoms with van der Waals surface area (Å²) in [5, 5.41) is 25.1. The first-order valence-electron chi connectivity index (χ1n) is 6.29. The lowest BCUT2D eigenvalue weighted by Gasteiger charge is -2.12. The molecule has 1 aromatic carbocycles. The predicted octanol–water partition coefficient (Wildman–Crippen LogP) is 2.83. The van der Waals surface area contributed by atoms with Crippen LogP contribution in [0.4, 0.5) is 0 Å². The topological polar surface area (TPSA) is 73.1 Å². The van der Waals surface area contributed by atoms with E-state index in [4.69, 9.17) is 5.26 Å². The molecule has 0 spiro atoms. The normalized spacial score (nSPS) is 11.6. The van der Waals surface area contributed by atoms with Gasteiger partial charge >= 0.3 is 0 Å². The average molecular weight is 318 g/mol. The fraction of sp³-hybridized carbons (Fsp3) is 0.200. The fourth-order valence-electron chi connectivity index (χ4n) is 1.76. The summed E-state index contributed by atoms with van der Waals surface area (Å²) >= 11 is 2.83. The molecule has 1 aromatic heterocycles. The minimum Gasteiger partial charge on any atom is -0.387 e. The first-order chi connectivity index (χ1) is 10.2. The zero-order valence-electron chi connectivity index (χ0n) is 11.2. The summed E-state index contributed by atoms with van der Waals surface area (Å²) in [4.78, 5) is 13.0. The number of hydrogen-bond donors (Lipinski definition) is 2. The molecule has 0 aliphatic rings. The Kier molecular flexibility index (Phi) is 5.81. The van der Waals surface area contributed by atoms with Crippen molar-refractivity contribution in [3.63, 3.8) is 0 Å². The monoisotopic (exact) mass is 318 g/mol. The van der Waals surface area contributed by atoms with Crippen LogP contribution in [-0.2, 0) is 0 Å². The maximum absolute atomic E-state index is 12.2. The van der Waals surface area contributed by atoms with Crippen molar-refractivity contribution in [1.29, 1.82) is 5.26 Å². The molecule has 0 aliphatic heterocycles. The molecule has 108 valence electrons. The first-order valence-corrected chi connectivity index (χ1v) is 8.22. The number of thiophene rings is 1. The third-order valence-corrected chi connectivity index (χ3v) is 4.45. The Hall–Kier alpha value is -1.81. The molecule has 2 N–H and O–H groups in total. The predicted molar refractivity (Wildman–Crippen MR) is 84.4 cm³/mol. The highest BCUT2D eigenvalue weighted by Gasteiger charge is 2.14. The summed E-state index contributed by atoms with van der Waals surface area (Å²) in [6, 6.07) is 11.0. The van der Waals surface area contributed by atoms with Gasteiger partial charge in [-0.25, -0.2) is 0 Å². The second-order valence-electron chi connectivity index (χ2n) is 4.23. The number of thioether (sulfide) groups is 1. The molecule has 2 aromatic rings. The maximum atomic E-state index is 12.2. The van der Waals surface area contributed by atoms with E-state index in [2.05, 4.69) is 5.32 Å². The van der Waals surface area contributed by atoms with Crippen molar-refractivity contribution in [3.8, 4) is 6.07 Å². The molecule has 2 rings (SSSR count). The minimum absolute atomic E-state index is 0.160. The van der Waals surface area contributed by atoms with Crippen molar-refractivity contribution < 1.29 is 9.90 Å². The van der Waals surface area contributed by atoms with Gasteiger partial charge in [0.05, 0.1) is 23.5 Å². The zero-order chi connectivity index (χ0) is 15.1. The van der Waals surface area contributed by atoms with Crippen LogP contribution in [0.1, 0.15) is 22.0 Å². The van der Waals surface area contributed by atoms with Crippen LogP contribution in [0, 0.1) is 11.3 Å². The number of aliphatic hydroxyl groups excluding tert-OH is 1. The highest BCUT2D eigenvalue weighted by molar-refractivity contribution is 7.99. The molecular formula is C15H14N2O2S2. The molecule has 6 heteroatoms. The Labute approximate surface area is 131 Å². The fourth-order valence-corrected chi connectivity index (χ4v) is 3.18. The van der Waals surface area contributed by atoms with Gasteiger partial charge in [-0.1, -0.05) is 12.1 Å². The number of nitrogens with zero attached hydrogens (tertiary/aromatic N) is 1. The third-order valence-electron chi connectivity index (χ3n) is 2.81. The molecule has 4 nitrogen and oxygen atoms in total. The molecule has 0 saturated heterocycles. The Morgan fingerprint density at radius 3 is 2.95 bits per heavy atom. The molecule has 0 saturated carbocycles. The number of benzene rings is 1. The zero-order valence-corrected chi connectivity index (χ0v) is 12.8. The van der Waals surface area contributed by atoms with Gasteiger partial charge in [-0.2, -0.15) is 16.6 Å². The number of nitriles is 1. The van der Waals surface area contributed by atoms with Gasteiger partial charge in [0.2, 0.25) is 0 Å². The first kappa shape index (κ1) is 15.6. The van der Waals surface area contributed by atoms with E-state index < -0.39 is 6.10 Å². The van der Waals surface area contributed by atoms with Gasteiger partial charge in [0.15, 0.2) is 0 Å². The third kappa shape index (κ3) is 4.33. The van der Waals surface area contributed by atoms with Crippen LogP contribution < -0.4 is 5.32 Å². The molecule has 21 heavy (non-hydrogen) atoms. The van der Waals surface area contributed by atoms with Crippen molar-refractivity contribution >= 4 is 29.0 Å². The second-order valence-corrected chi connectivity index (χ2v) is 6.02. The molecule has 0 aliphatic carbocycles. The largest absolute Gasteiger partial charge is 0.387 e. The van der Waals surface area contributed by atoms with Gasteiger partial charge in [-0.3, -0.25) is 4.79 Å². The quantitative estimate of drug-likeness (QED) is 0.803. The summed E-state index contributed by atoms with van der Waals surface area (Å²) in [7, 11) is 0. The van der Waals surface area contributed by atoms with E-state index in [9.17, 15) is 9.90 Å². The van der Waals surface area contributed by atoms with Crippen LogP contribution in [0.2, 0.25) is 0 Å². The minimum atomic E-state index is -0.709. The van der Waals surface area contributed by atoms with Crippen LogP contribution in [0.5, 0.6) is 0 Å². The number of carbonyl (C=O) groups excluding carboxylic acids is 1. The van der Waals surface area contributed by atoms with Crippen LogP contribution in [0.15, 0.2) is 46.0 Å². The van der Waals surface area contributed by atoms with E-state index in [0.717, 1.165) is 10.5 Å². The van der Waals surface area contributed by atoms with Crippen LogP contribution in [0.3, 0.4) is 0 Å². The van der Waals surface area contributed by atoms with Crippen molar-refractivity contribution in [2.75, 3.05) is 12.3 Å². The van der Waals surface area contributed by atoms with Crippen LogP contribution in [0.25, 0.3) is 0 Å². The number of nitrogens with one attached hydrogen (secondary N) is 1. The number of amides is 1. The number of carbonyl (C=O) groups is 1. The second kappa shape index (κ2) is 7.84. The molecular weight excluding hydrogens is 304 g/mol. The van der Waals surface area contributed by atoms with Gasteiger partial charge in [-0.05, 0) is 34.5 Å². The van der Waals surface area contributed by atoms with Gasteiger partial charge in [0, 0.05) is 11.4 Å². The summed E-state index contributed by atoms with van der Waals surface area (Å²) in [5.74, 6) is 0.0484. The standard InChI is InChI=1S/C15H14N2O2S2/c16-6-8-21-14-4-2-1-3-12(14)15(19)17-9-13(18)11-5-7-20-10-11/h1-5,7,10,13,18H,8-9H2,(H,17,19). The van der Waals surface area contributed by atoms with E-state index in [0.29, 0.717) is 11.3 Å². The maximum Gasteiger partial charge on any atom is 0.252 e. The van der Waals surface area contributed by atoms with E-state index in [1.165, 1.54) is 23.1 Å². The van der Waals surface area contributed by atoms with Gasteiger partial charge in [0.1, 0.15) is 0 Å². The van der Waals surface area contributed by atoms with Crippen LogP contribution >= 0.6 is 23.1 Å². The number of hydrogen-bond acceptors (Lipinski definition) is 5. The van der Waals surface area contributed by atoms with Crippen molar-refractivity contribution in [1.82, 2.24) is 5.32 Å².